The number of hydrogen-bond acceptors (Lipinski definition) is 4. The molecule has 0 radical (unpaired) electrons. The first kappa shape index (κ1) is 21.8. The number of hydrogen-bond donors (Lipinski definition) is 0. The van der Waals surface area contributed by atoms with E-state index >= 15 is 0 Å². The molecule has 1 amide bonds. The van der Waals surface area contributed by atoms with E-state index in [0.29, 0.717) is 0 Å². The third-order valence-electron chi connectivity index (χ3n) is 6.81. The van der Waals surface area contributed by atoms with Gasteiger partial charge in [-0.25, -0.2) is 0 Å². The van der Waals surface area contributed by atoms with Gasteiger partial charge in [0, 0.05) is 58.0 Å². The molecular formula is C26H36N4O. The summed E-state index contributed by atoms with van der Waals surface area (Å²) in [4.78, 5) is 22.4. The van der Waals surface area contributed by atoms with E-state index in [1.807, 2.05) is 0 Å². The number of amides is 1. The van der Waals surface area contributed by atoms with E-state index in [2.05, 4.69) is 88.2 Å². The van der Waals surface area contributed by atoms with Gasteiger partial charge in [0.25, 0.3) is 0 Å². The lowest BCUT2D eigenvalue weighted by molar-refractivity contribution is -0.138. The minimum Gasteiger partial charge on any atom is -0.371 e. The highest BCUT2D eigenvalue weighted by Gasteiger charge is 2.28. The second kappa shape index (κ2) is 10.3. The van der Waals surface area contributed by atoms with E-state index in [1.165, 1.54) is 29.7 Å². The molecule has 0 spiro atoms. The van der Waals surface area contributed by atoms with E-state index < -0.39 is 0 Å². The van der Waals surface area contributed by atoms with Crippen LogP contribution >= 0.6 is 0 Å². The van der Waals surface area contributed by atoms with Crippen molar-refractivity contribution in [3.63, 3.8) is 0 Å². The number of carbonyl (C=O) groups excluding carboxylic acids is 1. The van der Waals surface area contributed by atoms with E-state index in [0.717, 1.165) is 52.4 Å². The zero-order valence-electron chi connectivity index (χ0n) is 19.0. The zero-order valence-corrected chi connectivity index (χ0v) is 19.0. The van der Waals surface area contributed by atoms with Gasteiger partial charge in [-0.15, -0.1) is 0 Å². The quantitative estimate of drug-likeness (QED) is 0.686. The molecule has 2 aliphatic rings. The fourth-order valence-electron chi connectivity index (χ4n) is 4.74. The normalized spacial score (nSPS) is 18.5. The largest absolute Gasteiger partial charge is 0.371 e. The van der Waals surface area contributed by atoms with Crippen LogP contribution in [0.2, 0.25) is 0 Å². The molecule has 2 aliphatic heterocycles. The summed E-state index contributed by atoms with van der Waals surface area (Å²) >= 11 is 0. The molecule has 31 heavy (non-hydrogen) atoms. The summed E-state index contributed by atoms with van der Waals surface area (Å²) in [6, 6.07) is 19.2. The average molecular weight is 421 g/mol. The average Bonchev–Trinajstić information content (AvgIpc) is 3.34. The number of rotatable bonds is 7. The third-order valence-corrected chi connectivity index (χ3v) is 6.81. The Hall–Kier alpha value is -2.37. The molecule has 2 heterocycles. The van der Waals surface area contributed by atoms with Crippen LogP contribution in [0.5, 0.6) is 0 Å². The first-order chi connectivity index (χ1) is 15.1. The second-order valence-electron chi connectivity index (χ2n) is 9.00. The SMILES string of the molecule is CC(C(=O)N1CCN(Cc2ccccc2)CC1)N(C)Cc1ccccc1N1CCCC1. The van der Waals surface area contributed by atoms with Gasteiger partial charge in [0.2, 0.25) is 5.91 Å². The molecule has 5 nitrogen and oxygen atoms in total. The number of likely N-dealkylation sites (N-methyl/N-ethyl adjacent to an activating group) is 1. The summed E-state index contributed by atoms with van der Waals surface area (Å²) in [5, 5.41) is 0. The predicted molar refractivity (Wildman–Crippen MR) is 127 cm³/mol. The Balaban J connectivity index is 1.30. The standard InChI is InChI=1S/C26H36N4O/c1-22(27(2)21-24-12-6-7-13-25(24)29-14-8-9-15-29)26(31)30-18-16-28(17-19-30)20-23-10-4-3-5-11-23/h3-7,10-13,22H,8-9,14-21H2,1-2H3. The minimum absolute atomic E-state index is 0.118. The highest BCUT2D eigenvalue weighted by Crippen LogP contribution is 2.26. The summed E-state index contributed by atoms with van der Waals surface area (Å²) in [6.45, 7) is 9.60. The zero-order chi connectivity index (χ0) is 21.6. The van der Waals surface area contributed by atoms with Crippen molar-refractivity contribution in [3.8, 4) is 0 Å². The van der Waals surface area contributed by atoms with E-state index in [1.54, 1.807) is 0 Å². The maximum absolute atomic E-state index is 13.2. The molecule has 2 aromatic carbocycles. The van der Waals surface area contributed by atoms with Gasteiger partial charge in [0.15, 0.2) is 0 Å². The molecule has 2 fully saturated rings. The molecule has 0 aromatic heterocycles. The van der Waals surface area contributed by atoms with Crippen molar-refractivity contribution < 1.29 is 4.79 Å². The lowest BCUT2D eigenvalue weighted by atomic mass is 10.1. The highest BCUT2D eigenvalue weighted by atomic mass is 16.2. The van der Waals surface area contributed by atoms with Crippen LogP contribution in [0.1, 0.15) is 30.9 Å². The fourth-order valence-corrected chi connectivity index (χ4v) is 4.74. The van der Waals surface area contributed by atoms with Crippen LogP contribution in [-0.4, -0.2) is 73.0 Å². The molecule has 0 N–H and O–H groups in total. The van der Waals surface area contributed by atoms with Gasteiger partial charge < -0.3 is 9.80 Å². The molecule has 2 saturated heterocycles. The molecule has 4 rings (SSSR count). The molecule has 2 aromatic rings. The van der Waals surface area contributed by atoms with Gasteiger partial charge in [-0.1, -0.05) is 48.5 Å². The van der Waals surface area contributed by atoms with Crippen molar-refractivity contribution in [2.24, 2.45) is 0 Å². The molecule has 0 bridgehead atoms. The number of piperazine rings is 1. The summed E-state index contributed by atoms with van der Waals surface area (Å²) in [7, 11) is 2.08. The monoisotopic (exact) mass is 420 g/mol. The van der Waals surface area contributed by atoms with E-state index in [4.69, 9.17) is 0 Å². The Kier molecular flexibility index (Phi) is 7.25. The lowest BCUT2D eigenvalue weighted by Gasteiger charge is -2.37. The molecular weight excluding hydrogens is 384 g/mol. The Morgan fingerprint density at radius 3 is 2.26 bits per heavy atom. The fraction of sp³-hybridized carbons (Fsp3) is 0.500. The molecule has 1 unspecified atom stereocenters. The van der Waals surface area contributed by atoms with Gasteiger partial charge in [0.1, 0.15) is 0 Å². The van der Waals surface area contributed by atoms with Crippen molar-refractivity contribution in [2.75, 3.05) is 51.2 Å². The van der Waals surface area contributed by atoms with Crippen molar-refractivity contribution in [1.82, 2.24) is 14.7 Å². The third kappa shape index (κ3) is 5.46. The van der Waals surface area contributed by atoms with Gasteiger partial charge in [-0.2, -0.15) is 0 Å². The lowest BCUT2D eigenvalue weighted by Crippen LogP contribution is -2.53. The van der Waals surface area contributed by atoms with Crippen LogP contribution < -0.4 is 4.90 Å². The number of carbonyl (C=O) groups is 1. The van der Waals surface area contributed by atoms with Crippen molar-refractivity contribution in [3.05, 3.63) is 65.7 Å². The molecule has 0 aliphatic carbocycles. The summed E-state index contributed by atoms with van der Waals surface area (Å²) in [5.41, 5.74) is 3.99. The van der Waals surface area contributed by atoms with Crippen molar-refractivity contribution >= 4 is 11.6 Å². The summed E-state index contributed by atoms with van der Waals surface area (Å²) in [6.07, 6.45) is 2.55. The Morgan fingerprint density at radius 2 is 1.55 bits per heavy atom. The Morgan fingerprint density at radius 1 is 0.903 bits per heavy atom. The topological polar surface area (TPSA) is 30.0 Å². The van der Waals surface area contributed by atoms with Crippen molar-refractivity contribution in [2.45, 2.75) is 38.9 Å². The smallest absolute Gasteiger partial charge is 0.239 e. The first-order valence-electron chi connectivity index (χ1n) is 11.7. The number of para-hydroxylation sites is 1. The number of nitrogens with zero attached hydrogens (tertiary/aromatic N) is 4. The van der Waals surface area contributed by atoms with Gasteiger partial charge in [0.05, 0.1) is 6.04 Å². The Labute approximate surface area is 187 Å². The molecule has 166 valence electrons. The van der Waals surface area contributed by atoms with Crippen LogP contribution in [0.4, 0.5) is 5.69 Å². The summed E-state index contributed by atoms with van der Waals surface area (Å²) < 4.78 is 0. The van der Waals surface area contributed by atoms with Crippen LogP contribution in [0, 0.1) is 0 Å². The summed E-state index contributed by atoms with van der Waals surface area (Å²) in [5.74, 6) is 0.250. The molecule has 1 atom stereocenters. The van der Waals surface area contributed by atoms with Crippen LogP contribution in [-0.2, 0) is 17.9 Å². The number of benzene rings is 2. The second-order valence-corrected chi connectivity index (χ2v) is 9.00. The minimum atomic E-state index is -0.118. The maximum atomic E-state index is 13.2. The van der Waals surface area contributed by atoms with Crippen LogP contribution in [0.3, 0.4) is 0 Å². The van der Waals surface area contributed by atoms with E-state index in [9.17, 15) is 4.79 Å². The van der Waals surface area contributed by atoms with Crippen LogP contribution in [0.15, 0.2) is 54.6 Å². The van der Waals surface area contributed by atoms with Crippen LogP contribution in [0.25, 0.3) is 0 Å². The highest BCUT2D eigenvalue weighted by molar-refractivity contribution is 5.81. The molecule has 0 saturated carbocycles. The van der Waals surface area contributed by atoms with Gasteiger partial charge in [-0.3, -0.25) is 14.6 Å². The molecule has 5 heteroatoms. The first-order valence-corrected chi connectivity index (χ1v) is 11.7. The predicted octanol–water partition coefficient (Wildman–Crippen LogP) is 3.45. The maximum Gasteiger partial charge on any atom is 0.239 e. The van der Waals surface area contributed by atoms with E-state index in [-0.39, 0.29) is 11.9 Å². The van der Waals surface area contributed by atoms with Crippen molar-refractivity contribution in [1.29, 1.82) is 0 Å². The van der Waals surface area contributed by atoms with Gasteiger partial charge in [-0.05, 0) is 44.0 Å². The number of anilines is 1. The Bertz CT molecular complexity index is 841. The van der Waals surface area contributed by atoms with Gasteiger partial charge >= 0.3 is 0 Å².